The van der Waals surface area contributed by atoms with E-state index in [4.69, 9.17) is 4.74 Å². The van der Waals surface area contributed by atoms with Crippen LogP contribution in [-0.4, -0.2) is 30.6 Å². The van der Waals surface area contributed by atoms with Gasteiger partial charge in [-0.3, -0.25) is 0 Å². The van der Waals surface area contributed by atoms with Gasteiger partial charge in [-0.25, -0.2) is 4.79 Å². The van der Waals surface area contributed by atoms with E-state index in [0.29, 0.717) is 12.5 Å². The maximum absolute atomic E-state index is 12.1. The highest BCUT2D eigenvalue weighted by Crippen LogP contribution is 2.24. The molecule has 19 heavy (non-hydrogen) atoms. The van der Waals surface area contributed by atoms with Gasteiger partial charge in [0.1, 0.15) is 6.04 Å². The van der Waals surface area contributed by atoms with E-state index in [2.05, 4.69) is 5.32 Å². The van der Waals surface area contributed by atoms with Crippen LogP contribution in [0.3, 0.4) is 0 Å². The van der Waals surface area contributed by atoms with Crippen molar-refractivity contribution in [2.45, 2.75) is 19.4 Å². The van der Waals surface area contributed by atoms with Crippen LogP contribution in [-0.2, 0) is 9.53 Å². The molecule has 0 aliphatic carbocycles. The van der Waals surface area contributed by atoms with Gasteiger partial charge in [0.25, 0.3) is 0 Å². The highest BCUT2D eigenvalue weighted by Gasteiger charge is 2.23. The molecule has 1 aliphatic heterocycles. The predicted octanol–water partition coefficient (Wildman–Crippen LogP) is 2.63. The number of hydrogen-bond donors (Lipinski definition) is 1. The normalized spacial score (nSPS) is 20.2. The predicted molar refractivity (Wildman–Crippen MR) is 79.3 cm³/mol. The van der Waals surface area contributed by atoms with E-state index >= 15 is 0 Å². The van der Waals surface area contributed by atoms with E-state index in [1.54, 1.807) is 0 Å². The minimum atomic E-state index is -0.341. The number of carbonyl (C=O) groups excluding carboxylic acids is 1. The quantitative estimate of drug-likeness (QED) is 0.812. The summed E-state index contributed by atoms with van der Waals surface area (Å²) in [6.07, 6.45) is 1.24. The number of nitrogens with one attached hydrogen (secondary N) is 1. The van der Waals surface area contributed by atoms with E-state index in [0.717, 1.165) is 12.1 Å². The van der Waals surface area contributed by atoms with Gasteiger partial charge in [-0.05, 0) is 42.9 Å². The molecule has 4 heteroatoms. The SMILES string of the molecule is CCOC(=O)C(NCC1CCSC1)c1ccccc1. The summed E-state index contributed by atoms with van der Waals surface area (Å²) in [6.45, 7) is 3.14. The average molecular weight is 279 g/mol. The third-order valence-corrected chi connectivity index (χ3v) is 4.52. The smallest absolute Gasteiger partial charge is 0.327 e. The van der Waals surface area contributed by atoms with Crippen molar-refractivity contribution in [1.82, 2.24) is 5.32 Å². The van der Waals surface area contributed by atoms with Crippen LogP contribution in [0.4, 0.5) is 0 Å². The summed E-state index contributed by atoms with van der Waals surface area (Å²) < 4.78 is 5.17. The van der Waals surface area contributed by atoms with E-state index < -0.39 is 0 Å². The maximum Gasteiger partial charge on any atom is 0.327 e. The first-order chi connectivity index (χ1) is 9.31. The number of rotatable bonds is 6. The monoisotopic (exact) mass is 279 g/mol. The third-order valence-electron chi connectivity index (χ3n) is 3.29. The molecule has 0 saturated carbocycles. The first-order valence-electron chi connectivity index (χ1n) is 6.84. The molecule has 3 nitrogen and oxygen atoms in total. The molecule has 104 valence electrons. The van der Waals surface area contributed by atoms with Crippen LogP contribution >= 0.6 is 11.8 Å². The van der Waals surface area contributed by atoms with Crippen molar-refractivity contribution in [3.8, 4) is 0 Å². The standard InChI is InChI=1S/C15H21NO2S/c1-2-18-15(17)14(13-6-4-3-5-7-13)16-10-12-8-9-19-11-12/h3-7,12,14,16H,2,8-11H2,1H3. The average Bonchev–Trinajstić information content (AvgIpc) is 2.94. The minimum absolute atomic E-state index is 0.181. The molecule has 2 rings (SSSR count). The lowest BCUT2D eigenvalue weighted by Crippen LogP contribution is -2.33. The lowest BCUT2D eigenvalue weighted by molar-refractivity contribution is -0.145. The molecule has 1 heterocycles. The van der Waals surface area contributed by atoms with E-state index in [1.165, 1.54) is 17.9 Å². The number of hydrogen-bond acceptors (Lipinski definition) is 4. The van der Waals surface area contributed by atoms with Crippen molar-refractivity contribution >= 4 is 17.7 Å². The molecule has 1 aromatic carbocycles. The highest BCUT2D eigenvalue weighted by molar-refractivity contribution is 7.99. The van der Waals surface area contributed by atoms with Crippen molar-refractivity contribution in [3.05, 3.63) is 35.9 Å². The van der Waals surface area contributed by atoms with Gasteiger partial charge in [-0.2, -0.15) is 11.8 Å². The third kappa shape index (κ3) is 4.25. The van der Waals surface area contributed by atoms with Gasteiger partial charge >= 0.3 is 5.97 Å². The second-order valence-electron chi connectivity index (χ2n) is 4.73. The zero-order chi connectivity index (χ0) is 13.5. The topological polar surface area (TPSA) is 38.3 Å². The Labute approximate surface area is 119 Å². The van der Waals surface area contributed by atoms with Crippen molar-refractivity contribution < 1.29 is 9.53 Å². The van der Waals surface area contributed by atoms with Crippen molar-refractivity contribution in [1.29, 1.82) is 0 Å². The highest BCUT2D eigenvalue weighted by atomic mass is 32.2. The number of thioether (sulfide) groups is 1. The summed E-state index contributed by atoms with van der Waals surface area (Å²) in [6, 6.07) is 9.46. The second kappa shape index (κ2) is 7.56. The molecule has 2 atom stereocenters. The molecule has 1 fully saturated rings. The van der Waals surface area contributed by atoms with Crippen LogP contribution in [0.5, 0.6) is 0 Å². The van der Waals surface area contributed by atoms with E-state index in [1.807, 2.05) is 49.0 Å². The fourth-order valence-corrected chi connectivity index (χ4v) is 3.52. The summed E-state index contributed by atoms with van der Waals surface area (Å²) in [4.78, 5) is 12.1. The van der Waals surface area contributed by atoms with Gasteiger partial charge in [0.2, 0.25) is 0 Å². The Balaban J connectivity index is 1.99. The summed E-state index contributed by atoms with van der Waals surface area (Å²) in [7, 11) is 0. The van der Waals surface area contributed by atoms with Crippen LogP contribution in [0.15, 0.2) is 30.3 Å². The molecular formula is C15H21NO2S. The number of benzene rings is 1. The van der Waals surface area contributed by atoms with Crippen LogP contribution in [0, 0.1) is 5.92 Å². The van der Waals surface area contributed by atoms with Gasteiger partial charge in [-0.1, -0.05) is 30.3 Å². The summed E-state index contributed by atoms with van der Waals surface area (Å²) in [5, 5.41) is 3.37. The maximum atomic E-state index is 12.1. The number of ether oxygens (including phenoxy) is 1. The Morgan fingerprint density at radius 1 is 1.47 bits per heavy atom. The molecule has 1 aliphatic rings. The molecule has 2 unspecified atom stereocenters. The zero-order valence-electron chi connectivity index (χ0n) is 11.3. The van der Waals surface area contributed by atoms with Crippen molar-refractivity contribution in [2.24, 2.45) is 5.92 Å². The Bertz CT molecular complexity index is 390. The molecule has 0 bridgehead atoms. The second-order valence-corrected chi connectivity index (χ2v) is 5.88. The van der Waals surface area contributed by atoms with Crippen LogP contribution in [0.1, 0.15) is 24.9 Å². The number of esters is 1. The van der Waals surface area contributed by atoms with Crippen molar-refractivity contribution in [2.75, 3.05) is 24.7 Å². The van der Waals surface area contributed by atoms with Crippen molar-refractivity contribution in [3.63, 3.8) is 0 Å². The first kappa shape index (κ1) is 14.4. The van der Waals surface area contributed by atoms with E-state index in [9.17, 15) is 4.79 Å². The fourth-order valence-electron chi connectivity index (χ4n) is 2.24. The first-order valence-corrected chi connectivity index (χ1v) is 7.99. The van der Waals surface area contributed by atoms with Gasteiger partial charge in [0.15, 0.2) is 0 Å². The van der Waals surface area contributed by atoms with Gasteiger partial charge in [-0.15, -0.1) is 0 Å². The molecule has 0 radical (unpaired) electrons. The Morgan fingerprint density at radius 3 is 2.89 bits per heavy atom. The largest absolute Gasteiger partial charge is 0.465 e. The Hall–Kier alpha value is -1.00. The van der Waals surface area contributed by atoms with Crippen LogP contribution in [0.2, 0.25) is 0 Å². The molecule has 1 N–H and O–H groups in total. The molecule has 0 spiro atoms. The Morgan fingerprint density at radius 2 is 2.26 bits per heavy atom. The summed E-state index contributed by atoms with van der Waals surface area (Å²) in [5.74, 6) is 2.92. The van der Waals surface area contributed by atoms with Gasteiger partial charge in [0.05, 0.1) is 6.61 Å². The zero-order valence-corrected chi connectivity index (χ0v) is 12.1. The Kier molecular flexibility index (Phi) is 5.73. The molecule has 1 saturated heterocycles. The summed E-state index contributed by atoms with van der Waals surface area (Å²) >= 11 is 1.99. The van der Waals surface area contributed by atoms with Gasteiger partial charge < -0.3 is 10.1 Å². The fraction of sp³-hybridized carbons (Fsp3) is 0.533. The van der Waals surface area contributed by atoms with Crippen LogP contribution < -0.4 is 5.32 Å². The molecule has 0 amide bonds. The molecular weight excluding hydrogens is 258 g/mol. The number of carbonyl (C=O) groups is 1. The lowest BCUT2D eigenvalue weighted by Gasteiger charge is -2.19. The minimum Gasteiger partial charge on any atom is -0.465 e. The summed E-state index contributed by atoms with van der Waals surface area (Å²) in [5.41, 5.74) is 0.978. The van der Waals surface area contributed by atoms with E-state index in [-0.39, 0.29) is 12.0 Å². The lowest BCUT2D eigenvalue weighted by atomic mass is 10.0. The molecule has 0 aromatic heterocycles. The van der Waals surface area contributed by atoms with Gasteiger partial charge in [0, 0.05) is 0 Å². The van der Waals surface area contributed by atoms with Crippen LogP contribution in [0.25, 0.3) is 0 Å². The molecule has 1 aromatic rings.